The number of H-pyrrole nitrogens is 1. The monoisotopic (exact) mass is 230 g/mol. The van der Waals surface area contributed by atoms with E-state index in [-0.39, 0.29) is 26.0 Å². The van der Waals surface area contributed by atoms with Gasteiger partial charge in [-0.25, -0.2) is 9.78 Å². The Hall–Kier alpha value is -1.21. The van der Waals surface area contributed by atoms with E-state index in [1.54, 1.807) is 30.6 Å². The number of aromatic nitrogens is 2. The summed E-state index contributed by atoms with van der Waals surface area (Å²) in [7, 11) is 0. The molecule has 0 fully saturated rings. The Morgan fingerprint density at radius 1 is 1.44 bits per heavy atom. The number of hydrogen-bond acceptors (Lipinski definition) is 2. The Kier molecular flexibility index (Phi) is 4.19. The number of aromatic amines is 1. The molecule has 6 heteroatoms. The average Bonchev–Trinajstić information content (AvgIpc) is 2.66. The van der Waals surface area contributed by atoms with Gasteiger partial charge in [0.25, 0.3) is 0 Å². The Morgan fingerprint density at radius 3 is 2.75 bits per heavy atom. The van der Waals surface area contributed by atoms with Crippen LogP contribution in [0.2, 0.25) is 5.15 Å². The quantitative estimate of drug-likeness (QED) is 0.542. The maximum Gasteiger partial charge on any atom is 1.00 e. The number of nitrogens with one attached hydrogen (secondary N) is 1. The van der Waals surface area contributed by atoms with Crippen LogP contribution in [0.1, 0.15) is 11.9 Å². The number of carboxylic acids is 1. The minimum atomic E-state index is -0.985. The minimum Gasteiger partial charge on any atom is -1.00 e. The van der Waals surface area contributed by atoms with Crippen molar-refractivity contribution in [2.24, 2.45) is 0 Å². The topological polar surface area (TPSA) is 66.0 Å². The van der Waals surface area contributed by atoms with Gasteiger partial charge in [-0.2, -0.15) is 0 Å². The van der Waals surface area contributed by atoms with Crippen LogP contribution in [0.15, 0.2) is 30.6 Å². The summed E-state index contributed by atoms with van der Waals surface area (Å²) in [6, 6.07) is 4.99. The van der Waals surface area contributed by atoms with E-state index in [9.17, 15) is 4.79 Å². The molecule has 2 heterocycles. The maximum atomic E-state index is 10.6. The molecule has 0 aliphatic heterocycles. The van der Waals surface area contributed by atoms with E-state index in [1.165, 1.54) is 0 Å². The smallest absolute Gasteiger partial charge is 1.00 e. The number of carbonyl (C=O) groups is 1. The van der Waals surface area contributed by atoms with E-state index in [2.05, 4.69) is 9.97 Å². The number of hydrogen-bond donors (Lipinski definition) is 2. The molecule has 2 aromatic heterocycles. The zero-order valence-corrected chi connectivity index (χ0v) is 9.32. The maximum absolute atomic E-state index is 10.6. The van der Waals surface area contributed by atoms with Crippen molar-refractivity contribution in [1.29, 1.82) is 0 Å². The van der Waals surface area contributed by atoms with Crippen LogP contribution in [-0.2, 0) is 0 Å². The normalized spacial score (nSPS) is 9.56. The van der Waals surface area contributed by atoms with E-state index < -0.39 is 5.97 Å². The molecule has 2 aromatic rings. The van der Waals surface area contributed by atoms with Crippen molar-refractivity contribution in [3.8, 4) is 11.1 Å². The summed E-state index contributed by atoms with van der Waals surface area (Å²) in [5.41, 5.74) is 1.76. The molecule has 0 amide bonds. The van der Waals surface area contributed by atoms with E-state index in [0.717, 1.165) is 11.1 Å². The number of nitrogens with zero attached hydrogens (tertiary/aromatic N) is 1. The molecule has 0 aliphatic carbocycles. The standard InChI is InChI=1S/C10H7ClN2O2.Li.H/c11-9-4-6(1-2-12-9)7-3-8(10(14)15)13-5-7;;/h1-5,13H,(H,14,15);;/q;+1;-1. The van der Waals surface area contributed by atoms with Crippen LogP contribution in [-0.4, -0.2) is 21.0 Å². The molecular formula is C10H8ClLiN2O2. The third-order valence-corrected chi connectivity index (χ3v) is 2.18. The Labute approximate surface area is 110 Å². The van der Waals surface area contributed by atoms with Crippen molar-refractivity contribution in [1.82, 2.24) is 9.97 Å². The fourth-order valence-electron chi connectivity index (χ4n) is 1.27. The summed E-state index contributed by atoms with van der Waals surface area (Å²) in [6.45, 7) is 0. The second-order valence-corrected chi connectivity index (χ2v) is 3.36. The van der Waals surface area contributed by atoms with Crippen LogP contribution >= 0.6 is 11.6 Å². The van der Waals surface area contributed by atoms with Crippen molar-refractivity contribution >= 4 is 17.6 Å². The molecule has 2 rings (SSSR count). The van der Waals surface area contributed by atoms with Gasteiger partial charge in [-0.1, -0.05) is 11.6 Å². The van der Waals surface area contributed by atoms with Gasteiger partial charge in [0.05, 0.1) is 0 Å². The molecule has 0 unspecified atom stereocenters. The number of halogens is 1. The van der Waals surface area contributed by atoms with Gasteiger partial charge in [-0.3, -0.25) is 0 Å². The molecule has 78 valence electrons. The summed E-state index contributed by atoms with van der Waals surface area (Å²) in [5, 5.41) is 9.11. The van der Waals surface area contributed by atoms with Crippen molar-refractivity contribution < 1.29 is 30.2 Å². The SMILES string of the molecule is O=C(O)c1cc(-c2ccnc(Cl)c2)c[nH]1.[H-].[Li+]. The van der Waals surface area contributed by atoms with Gasteiger partial charge in [0, 0.05) is 18.0 Å². The van der Waals surface area contributed by atoms with Gasteiger partial charge in [-0.15, -0.1) is 0 Å². The number of carboxylic acid groups (broad SMARTS) is 1. The van der Waals surface area contributed by atoms with Crippen molar-refractivity contribution in [2.45, 2.75) is 0 Å². The summed E-state index contributed by atoms with van der Waals surface area (Å²) in [4.78, 5) is 17.1. The molecule has 0 bridgehead atoms. The van der Waals surface area contributed by atoms with Gasteiger partial charge in [-0.05, 0) is 23.8 Å². The van der Waals surface area contributed by atoms with Crippen molar-refractivity contribution in [2.75, 3.05) is 0 Å². The van der Waals surface area contributed by atoms with Crippen LogP contribution in [0.5, 0.6) is 0 Å². The van der Waals surface area contributed by atoms with Crippen LogP contribution in [0, 0.1) is 0 Å². The van der Waals surface area contributed by atoms with Gasteiger partial charge in [0.2, 0.25) is 0 Å². The molecule has 4 nitrogen and oxygen atoms in total. The van der Waals surface area contributed by atoms with Gasteiger partial charge in [0.1, 0.15) is 10.8 Å². The third-order valence-electron chi connectivity index (χ3n) is 1.97. The molecule has 0 saturated heterocycles. The molecule has 2 N–H and O–H groups in total. The third kappa shape index (κ3) is 2.67. The largest absolute Gasteiger partial charge is 1.00 e. The minimum absolute atomic E-state index is 0. The number of aromatic carboxylic acids is 1. The van der Waals surface area contributed by atoms with Crippen LogP contribution in [0.25, 0.3) is 11.1 Å². The number of pyridine rings is 1. The van der Waals surface area contributed by atoms with E-state index in [0.29, 0.717) is 5.15 Å². The Balaban J connectivity index is 0.00000128. The summed E-state index contributed by atoms with van der Waals surface area (Å²) >= 11 is 5.73. The molecule has 16 heavy (non-hydrogen) atoms. The summed E-state index contributed by atoms with van der Waals surface area (Å²) in [6.07, 6.45) is 3.19. The fourth-order valence-corrected chi connectivity index (χ4v) is 1.44. The fraction of sp³-hybridized carbons (Fsp3) is 0. The number of rotatable bonds is 2. The van der Waals surface area contributed by atoms with Crippen molar-refractivity contribution in [3.05, 3.63) is 41.4 Å². The first-order valence-electron chi connectivity index (χ1n) is 4.20. The summed E-state index contributed by atoms with van der Waals surface area (Å²) < 4.78 is 0. The van der Waals surface area contributed by atoms with E-state index in [4.69, 9.17) is 16.7 Å². The zero-order valence-electron chi connectivity index (χ0n) is 9.57. The van der Waals surface area contributed by atoms with E-state index >= 15 is 0 Å². The van der Waals surface area contributed by atoms with Crippen LogP contribution < -0.4 is 18.9 Å². The van der Waals surface area contributed by atoms with E-state index in [1.807, 2.05) is 0 Å². The van der Waals surface area contributed by atoms with Crippen LogP contribution in [0.3, 0.4) is 0 Å². The van der Waals surface area contributed by atoms with Gasteiger partial charge < -0.3 is 11.5 Å². The molecule has 0 aliphatic rings. The first-order valence-corrected chi connectivity index (χ1v) is 4.58. The second kappa shape index (κ2) is 5.22. The van der Waals surface area contributed by atoms with Gasteiger partial charge >= 0.3 is 24.8 Å². The molecule has 0 aromatic carbocycles. The van der Waals surface area contributed by atoms with Gasteiger partial charge in [0.15, 0.2) is 0 Å². The first-order chi connectivity index (χ1) is 7.16. The average molecular weight is 231 g/mol. The Bertz CT molecular complexity index is 519. The molecule has 0 radical (unpaired) electrons. The summed E-state index contributed by atoms with van der Waals surface area (Å²) in [5.74, 6) is -0.985. The first kappa shape index (κ1) is 12.9. The zero-order chi connectivity index (χ0) is 10.8. The molecule has 0 spiro atoms. The van der Waals surface area contributed by atoms with Crippen molar-refractivity contribution in [3.63, 3.8) is 0 Å². The second-order valence-electron chi connectivity index (χ2n) is 2.97. The predicted molar refractivity (Wildman–Crippen MR) is 57.1 cm³/mol. The Morgan fingerprint density at radius 2 is 2.19 bits per heavy atom. The molecular weight excluding hydrogens is 223 g/mol. The predicted octanol–water partition coefficient (Wildman–Crippen LogP) is -0.455. The van der Waals surface area contributed by atoms with Crippen LogP contribution in [0.4, 0.5) is 0 Å². The molecule has 0 atom stereocenters. The molecule has 0 saturated carbocycles.